The standard InChI is InChI=1S/C18H16ClN3O2S/c19-16-8-6-14(7-9-16)12-25(23,24)22-11-17-10-18(21-13-20-17)15-4-2-1-3-5-15/h1-10,13,22H,11-12H2. The minimum Gasteiger partial charge on any atom is -0.240 e. The van der Waals surface area contributed by atoms with Crippen LogP contribution in [0.4, 0.5) is 0 Å². The largest absolute Gasteiger partial charge is 0.240 e. The van der Waals surface area contributed by atoms with Gasteiger partial charge in [-0.25, -0.2) is 23.1 Å². The Bertz CT molecular complexity index is 946. The SMILES string of the molecule is O=S(=O)(Cc1ccc(Cl)cc1)NCc1cc(-c2ccccc2)ncn1. The lowest BCUT2D eigenvalue weighted by molar-refractivity contribution is 0.579. The topological polar surface area (TPSA) is 72.0 Å². The van der Waals surface area contributed by atoms with Crippen LogP contribution in [-0.4, -0.2) is 18.4 Å². The van der Waals surface area contributed by atoms with Gasteiger partial charge in [0.2, 0.25) is 10.0 Å². The fourth-order valence-corrected chi connectivity index (χ4v) is 3.52. The predicted octanol–water partition coefficient (Wildman–Crippen LogP) is 3.42. The van der Waals surface area contributed by atoms with E-state index in [-0.39, 0.29) is 12.3 Å². The lowest BCUT2D eigenvalue weighted by Crippen LogP contribution is -2.25. The number of aromatic nitrogens is 2. The van der Waals surface area contributed by atoms with Crippen molar-refractivity contribution in [2.75, 3.05) is 0 Å². The first-order valence-corrected chi connectivity index (χ1v) is 9.63. The predicted molar refractivity (Wildman–Crippen MR) is 98.4 cm³/mol. The van der Waals surface area contributed by atoms with Gasteiger partial charge in [0.05, 0.1) is 23.7 Å². The molecule has 25 heavy (non-hydrogen) atoms. The molecule has 0 bridgehead atoms. The van der Waals surface area contributed by atoms with Gasteiger partial charge in [-0.1, -0.05) is 54.1 Å². The molecular formula is C18H16ClN3O2S. The third kappa shape index (κ3) is 5.09. The average molecular weight is 374 g/mol. The highest BCUT2D eigenvalue weighted by atomic mass is 35.5. The van der Waals surface area contributed by atoms with E-state index in [4.69, 9.17) is 11.6 Å². The zero-order valence-electron chi connectivity index (χ0n) is 13.3. The molecule has 2 aromatic carbocycles. The maximum absolute atomic E-state index is 12.2. The summed E-state index contributed by atoms with van der Waals surface area (Å²) in [5.41, 5.74) is 2.98. The Balaban J connectivity index is 1.67. The first kappa shape index (κ1) is 17.5. The molecule has 1 aromatic heterocycles. The summed E-state index contributed by atoms with van der Waals surface area (Å²) in [5, 5.41) is 0.573. The Labute approximate surface area is 151 Å². The van der Waals surface area contributed by atoms with Crippen LogP contribution in [0, 0.1) is 0 Å². The lowest BCUT2D eigenvalue weighted by atomic mass is 10.1. The first-order chi connectivity index (χ1) is 12.0. The maximum Gasteiger partial charge on any atom is 0.216 e. The van der Waals surface area contributed by atoms with Crippen molar-refractivity contribution in [3.63, 3.8) is 0 Å². The molecule has 0 unspecified atom stereocenters. The Morgan fingerprint density at radius 2 is 1.68 bits per heavy atom. The van der Waals surface area contributed by atoms with Crippen LogP contribution in [0.1, 0.15) is 11.3 Å². The molecule has 0 saturated carbocycles. The fourth-order valence-electron chi connectivity index (χ4n) is 2.30. The average Bonchev–Trinajstić information content (AvgIpc) is 2.63. The van der Waals surface area contributed by atoms with Crippen molar-refractivity contribution in [3.8, 4) is 11.3 Å². The number of sulfonamides is 1. The lowest BCUT2D eigenvalue weighted by Gasteiger charge is -2.08. The molecule has 0 fully saturated rings. The number of rotatable bonds is 6. The van der Waals surface area contributed by atoms with E-state index in [1.54, 1.807) is 30.3 Å². The quantitative estimate of drug-likeness (QED) is 0.718. The highest BCUT2D eigenvalue weighted by Crippen LogP contribution is 2.16. The monoisotopic (exact) mass is 373 g/mol. The van der Waals surface area contributed by atoms with E-state index in [0.29, 0.717) is 16.3 Å². The summed E-state index contributed by atoms with van der Waals surface area (Å²) < 4.78 is 27.0. The van der Waals surface area contributed by atoms with Crippen LogP contribution in [-0.2, 0) is 22.3 Å². The van der Waals surface area contributed by atoms with Crippen molar-refractivity contribution in [3.05, 3.63) is 83.3 Å². The molecule has 0 spiro atoms. The van der Waals surface area contributed by atoms with Gasteiger partial charge in [0.1, 0.15) is 6.33 Å². The minimum absolute atomic E-state index is 0.109. The Hall–Kier alpha value is -2.28. The Morgan fingerprint density at radius 1 is 0.960 bits per heavy atom. The number of halogens is 1. The van der Waals surface area contributed by atoms with Crippen molar-refractivity contribution in [2.45, 2.75) is 12.3 Å². The third-order valence-corrected chi connectivity index (χ3v) is 5.09. The smallest absolute Gasteiger partial charge is 0.216 e. The second-order valence-corrected chi connectivity index (χ2v) is 7.71. The molecule has 1 heterocycles. The molecule has 0 atom stereocenters. The molecule has 7 heteroatoms. The van der Waals surface area contributed by atoms with E-state index in [9.17, 15) is 8.42 Å². The summed E-state index contributed by atoms with van der Waals surface area (Å²) in [5.74, 6) is -0.110. The second-order valence-electron chi connectivity index (χ2n) is 5.47. The molecule has 0 radical (unpaired) electrons. The normalized spacial score (nSPS) is 11.4. The molecule has 0 aliphatic rings. The van der Waals surface area contributed by atoms with Gasteiger partial charge in [-0.2, -0.15) is 0 Å². The molecular weight excluding hydrogens is 358 g/mol. The molecule has 0 aliphatic heterocycles. The van der Waals surface area contributed by atoms with Gasteiger partial charge in [-0.15, -0.1) is 0 Å². The summed E-state index contributed by atoms with van der Waals surface area (Å²) in [6.07, 6.45) is 1.44. The molecule has 3 aromatic rings. The van der Waals surface area contributed by atoms with Crippen LogP contribution < -0.4 is 4.72 Å². The molecule has 5 nitrogen and oxygen atoms in total. The van der Waals surface area contributed by atoms with Gasteiger partial charge in [0.25, 0.3) is 0 Å². The summed E-state index contributed by atoms with van der Waals surface area (Å²) in [6.45, 7) is 0.109. The van der Waals surface area contributed by atoms with Crippen LogP contribution in [0.2, 0.25) is 5.02 Å². The van der Waals surface area contributed by atoms with Gasteiger partial charge < -0.3 is 0 Å². The number of nitrogens with one attached hydrogen (secondary N) is 1. The summed E-state index contributed by atoms with van der Waals surface area (Å²) in [4.78, 5) is 8.36. The van der Waals surface area contributed by atoms with Crippen LogP contribution in [0.5, 0.6) is 0 Å². The van der Waals surface area contributed by atoms with Gasteiger partial charge in [-0.3, -0.25) is 0 Å². The van der Waals surface area contributed by atoms with Gasteiger partial charge in [-0.05, 0) is 23.8 Å². The molecule has 3 rings (SSSR count). The van der Waals surface area contributed by atoms with E-state index >= 15 is 0 Å². The zero-order chi connectivity index (χ0) is 17.7. The van der Waals surface area contributed by atoms with Crippen molar-refractivity contribution >= 4 is 21.6 Å². The van der Waals surface area contributed by atoms with E-state index < -0.39 is 10.0 Å². The van der Waals surface area contributed by atoms with Gasteiger partial charge >= 0.3 is 0 Å². The third-order valence-electron chi connectivity index (χ3n) is 3.54. The van der Waals surface area contributed by atoms with E-state index in [0.717, 1.165) is 11.3 Å². The van der Waals surface area contributed by atoms with Crippen LogP contribution in [0.3, 0.4) is 0 Å². The van der Waals surface area contributed by atoms with Crippen LogP contribution in [0.15, 0.2) is 67.0 Å². The van der Waals surface area contributed by atoms with E-state index in [2.05, 4.69) is 14.7 Å². The first-order valence-electron chi connectivity index (χ1n) is 7.60. The Morgan fingerprint density at radius 3 is 2.40 bits per heavy atom. The highest BCUT2D eigenvalue weighted by molar-refractivity contribution is 7.88. The number of hydrogen-bond acceptors (Lipinski definition) is 4. The van der Waals surface area contributed by atoms with Crippen molar-refractivity contribution in [1.82, 2.24) is 14.7 Å². The molecule has 0 amide bonds. The molecule has 0 saturated heterocycles. The number of benzene rings is 2. The Kier molecular flexibility index (Phi) is 5.43. The van der Waals surface area contributed by atoms with Crippen molar-refractivity contribution in [2.24, 2.45) is 0 Å². The van der Waals surface area contributed by atoms with Crippen molar-refractivity contribution in [1.29, 1.82) is 0 Å². The molecule has 128 valence electrons. The van der Waals surface area contributed by atoms with Crippen molar-refractivity contribution < 1.29 is 8.42 Å². The molecule has 1 N–H and O–H groups in total. The second kappa shape index (κ2) is 7.74. The summed E-state index contributed by atoms with van der Waals surface area (Å²) in [6, 6.07) is 18.2. The van der Waals surface area contributed by atoms with Gasteiger partial charge in [0.15, 0.2) is 0 Å². The number of hydrogen-bond donors (Lipinski definition) is 1. The molecule has 0 aliphatic carbocycles. The van der Waals surface area contributed by atoms with E-state index in [1.165, 1.54) is 6.33 Å². The van der Waals surface area contributed by atoms with Crippen LogP contribution >= 0.6 is 11.6 Å². The fraction of sp³-hybridized carbons (Fsp3) is 0.111. The summed E-state index contributed by atoms with van der Waals surface area (Å²) in [7, 11) is -3.48. The van der Waals surface area contributed by atoms with Crippen LogP contribution in [0.25, 0.3) is 11.3 Å². The highest BCUT2D eigenvalue weighted by Gasteiger charge is 2.12. The maximum atomic E-state index is 12.2. The minimum atomic E-state index is -3.48. The zero-order valence-corrected chi connectivity index (χ0v) is 14.8. The summed E-state index contributed by atoms with van der Waals surface area (Å²) >= 11 is 5.81. The number of nitrogens with zero attached hydrogens (tertiary/aromatic N) is 2. The van der Waals surface area contributed by atoms with Gasteiger partial charge in [0, 0.05) is 10.6 Å². The van der Waals surface area contributed by atoms with E-state index in [1.807, 2.05) is 30.3 Å².